The predicted octanol–water partition coefficient (Wildman–Crippen LogP) is 3.31. The van der Waals surface area contributed by atoms with E-state index in [0.717, 1.165) is 31.5 Å². The number of piperidine rings is 1. The van der Waals surface area contributed by atoms with Crippen molar-refractivity contribution in [3.05, 3.63) is 35.4 Å². The lowest BCUT2D eigenvalue weighted by Crippen LogP contribution is -2.43. The van der Waals surface area contributed by atoms with E-state index >= 15 is 0 Å². The SMILES string of the molecule is CNCC(=O)N1CCCC(c2cccc(C(=O)N[C@@H](C)C3CCCCC3)c2)C1. The van der Waals surface area contributed by atoms with Crippen molar-refractivity contribution in [3.63, 3.8) is 0 Å². The topological polar surface area (TPSA) is 61.4 Å². The molecule has 1 aromatic carbocycles. The first-order valence-electron chi connectivity index (χ1n) is 10.9. The molecular formula is C23H35N3O2. The van der Waals surface area contributed by atoms with E-state index in [1.165, 1.54) is 37.7 Å². The van der Waals surface area contributed by atoms with Crippen LogP contribution >= 0.6 is 0 Å². The summed E-state index contributed by atoms with van der Waals surface area (Å²) in [5, 5.41) is 6.17. The van der Waals surface area contributed by atoms with Crippen molar-refractivity contribution in [2.45, 2.75) is 63.8 Å². The number of rotatable bonds is 6. The molecule has 5 nitrogen and oxygen atoms in total. The molecule has 3 rings (SSSR count). The van der Waals surface area contributed by atoms with Gasteiger partial charge in [-0.2, -0.15) is 0 Å². The summed E-state index contributed by atoms with van der Waals surface area (Å²) in [6, 6.07) is 8.22. The summed E-state index contributed by atoms with van der Waals surface area (Å²) < 4.78 is 0. The third-order valence-corrected chi connectivity index (χ3v) is 6.44. The Hall–Kier alpha value is -1.88. The van der Waals surface area contributed by atoms with Crippen molar-refractivity contribution in [1.29, 1.82) is 0 Å². The summed E-state index contributed by atoms with van der Waals surface area (Å²) in [5.41, 5.74) is 1.90. The number of likely N-dealkylation sites (tertiary alicyclic amines) is 1. The Labute approximate surface area is 169 Å². The molecule has 1 aliphatic heterocycles. The molecule has 1 aliphatic carbocycles. The third-order valence-electron chi connectivity index (χ3n) is 6.44. The molecular weight excluding hydrogens is 350 g/mol. The van der Waals surface area contributed by atoms with E-state index in [1.54, 1.807) is 7.05 Å². The van der Waals surface area contributed by atoms with Crippen LogP contribution < -0.4 is 10.6 Å². The van der Waals surface area contributed by atoms with Gasteiger partial charge in [-0.15, -0.1) is 0 Å². The third kappa shape index (κ3) is 5.34. The summed E-state index contributed by atoms with van der Waals surface area (Å²) in [6.07, 6.45) is 8.41. The fraction of sp³-hybridized carbons (Fsp3) is 0.652. The average Bonchev–Trinajstić information content (AvgIpc) is 2.74. The molecule has 2 N–H and O–H groups in total. The van der Waals surface area contributed by atoms with Crippen molar-refractivity contribution in [3.8, 4) is 0 Å². The van der Waals surface area contributed by atoms with E-state index in [0.29, 0.717) is 18.4 Å². The first-order valence-corrected chi connectivity index (χ1v) is 10.9. The van der Waals surface area contributed by atoms with E-state index in [4.69, 9.17) is 0 Å². The van der Waals surface area contributed by atoms with Crippen molar-refractivity contribution in [2.75, 3.05) is 26.7 Å². The van der Waals surface area contributed by atoms with Crippen molar-refractivity contribution < 1.29 is 9.59 Å². The Morgan fingerprint density at radius 1 is 1.14 bits per heavy atom. The Bertz CT molecular complexity index is 670. The highest BCUT2D eigenvalue weighted by Crippen LogP contribution is 2.28. The van der Waals surface area contributed by atoms with Gasteiger partial charge in [-0.05, 0) is 63.3 Å². The van der Waals surface area contributed by atoms with Crippen LogP contribution in [0.4, 0.5) is 0 Å². The van der Waals surface area contributed by atoms with Gasteiger partial charge in [0.15, 0.2) is 0 Å². The maximum atomic E-state index is 12.8. The van der Waals surface area contributed by atoms with E-state index in [9.17, 15) is 9.59 Å². The molecule has 1 saturated carbocycles. The van der Waals surface area contributed by atoms with Gasteiger partial charge in [0.1, 0.15) is 0 Å². The van der Waals surface area contributed by atoms with Crippen LogP contribution in [0.25, 0.3) is 0 Å². The summed E-state index contributed by atoms with van der Waals surface area (Å²) in [4.78, 5) is 27.0. The van der Waals surface area contributed by atoms with Gasteiger partial charge >= 0.3 is 0 Å². The zero-order valence-corrected chi connectivity index (χ0v) is 17.4. The predicted molar refractivity (Wildman–Crippen MR) is 112 cm³/mol. The second kappa shape index (κ2) is 10.1. The zero-order chi connectivity index (χ0) is 19.9. The van der Waals surface area contributed by atoms with Crippen LogP contribution in [0.1, 0.15) is 73.7 Å². The van der Waals surface area contributed by atoms with Crippen LogP contribution in [0.3, 0.4) is 0 Å². The fourth-order valence-electron chi connectivity index (χ4n) is 4.71. The summed E-state index contributed by atoms with van der Waals surface area (Å²) in [5.74, 6) is 1.09. The first-order chi connectivity index (χ1) is 13.6. The maximum absolute atomic E-state index is 12.8. The summed E-state index contributed by atoms with van der Waals surface area (Å²) in [6.45, 7) is 4.10. The average molecular weight is 386 g/mol. The molecule has 0 aromatic heterocycles. The van der Waals surface area contributed by atoms with Gasteiger partial charge in [-0.3, -0.25) is 9.59 Å². The molecule has 0 radical (unpaired) electrons. The van der Waals surface area contributed by atoms with Gasteiger partial charge < -0.3 is 15.5 Å². The van der Waals surface area contributed by atoms with Crippen LogP contribution in [0.2, 0.25) is 0 Å². The molecule has 154 valence electrons. The minimum absolute atomic E-state index is 0.0267. The lowest BCUT2D eigenvalue weighted by Gasteiger charge is -2.33. The molecule has 1 unspecified atom stereocenters. The number of hydrogen-bond donors (Lipinski definition) is 2. The zero-order valence-electron chi connectivity index (χ0n) is 17.4. The highest BCUT2D eigenvalue weighted by Gasteiger charge is 2.25. The number of nitrogens with one attached hydrogen (secondary N) is 2. The smallest absolute Gasteiger partial charge is 0.251 e. The molecule has 1 aromatic rings. The Kier molecular flexibility index (Phi) is 7.49. The van der Waals surface area contributed by atoms with Crippen LogP contribution in [-0.2, 0) is 4.79 Å². The van der Waals surface area contributed by atoms with Crippen LogP contribution in [0, 0.1) is 5.92 Å². The highest BCUT2D eigenvalue weighted by molar-refractivity contribution is 5.94. The van der Waals surface area contributed by atoms with Gasteiger partial charge in [0.05, 0.1) is 6.54 Å². The number of likely N-dealkylation sites (N-methyl/N-ethyl adjacent to an activating group) is 1. The molecule has 2 aliphatic rings. The highest BCUT2D eigenvalue weighted by atomic mass is 16.2. The van der Waals surface area contributed by atoms with Crippen molar-refractivity contribution in [1.82, 2.24) is 15.5 Å². The molecule has 5 heteroatoms. The summed E-state index contributed by atoms with van der Waals surface area (Å²) in [7, 11) is 1.80. The largest absolute Gasteiger partial charge is 0.349 e. The minimum atomic E-state index is 0.0267. The molecule has 0 bridgehead atoms. The van der Waals surface area contributed by atoms with Crippen LogP contribution in [-0.4, -0.2) is 49.4 Å². The lowest BCUT2D eigenvalue weighted by atomic mass is 9.84. The second-order valence-corrected chi connectivity index (χ2v) is 8.49. The molecule has 2 fully saturated rings. The van der Waals surface area contributed by atoms with Crippen molar-refractivity contribution in [2.24, 2.45) is 5.92 Å². The Balaban J connectivity index is 1.62. The minimum Gasteiger partial charge on any atom is -0.349 e. The van der Waals surface area contributed by atoms with E-state index in [-0.39, 0.29) is 17.9 Å². The number of hydrogen-bond acceptors (Lipinski definition) is 3. The van der Waals surface area contributed by atoms with Gasteiger partial charge in [0.25, 0.3) is 5.91 Å². The van der Waals surface area contributed by atoms with E-state index < -0.39 is 0 Å². The summed E-state index contributed by atoms with van der Waals surface area (Å²) >= 11 is 0. The monoisotopic (exact) mass is 385 g/mol. The van der Waals surface area contributed by atoms with Gasteiger partial charge in [-0.1, -0.05) is 31.4 Å². The van der Waals surface area contributed by atoms with Crippen LogP contribution in [0.5, 0.6) is 0 Å². The number of carbonyl (C=O) groups is 2. The van der Waals surface area contributed by atoms with E-state index in [2.05, 4.69) is 23.6 Å². The molecule has 2 amide bonds. The number of benzene rings is 1. The number of amides is 2. The Morgan fingerprint density at radius 3 is 2.68 bits per heavy atom. The lowest BCUT2D eigenvalue weighted by molar-refractivity contribution is -0.131. The van der Waals surface area contributed by atoms with E-state index in [1.807, 2.05) is 23.1 Å². The van der Waals surface area contributed by atoms with Crippen molar-refractivity contribution >= 4 is 11.8 Å². The molecule has 2 atom stereocenters. The number of carbonyl (C=O) groups excluding carboxylic acids is 2. The van der Waals surface area contributed by atoms with Gasteiger partial charge in [-0.25, -0.2) is 0 Å². The maximum Gasteiger partial charge on any atom is 0.251 e. The quantitative estimate of drug-likeness (QED) is 0.790. The molecule has 1 heterocycles. The van der Waals surface area contributed by atoms with Crippen LogP contribution in [0.15, 0.2) is 24.3 Å². The van der Waals surface area contributed by atoms with Gasteiger partial charge in [0.2, 0.25) is 5.91 Å². The second-order valence-electron chi connectivity index (χ2n) is 8.49. The molecule has 0 spiro atoms. The first kappa shape index (κ1) is 20.8. The molecule has 28 heavy (non-hydrogen) atoms. The number of nitrogens with zero attached hydrogens (tertiary/aromatic N) is 1. The fourth-order valence-corrected chi connectivity index (χ4v) is 4.71. The molecule has 1 saturated heterocycles. The van der Waals surface area contributed by atoms with Gasteiger partial charge in [0, 0.05) is 30.6 Å². The normalized spacial score (nSPS) is 21.9. The Morgan fingerprint density at radius 2 is 1.93 bits per heavy atom. The standard InChI is InChI=1S/C23H35N3O2/c1-17(18-8-4-3-5-9-18)25-23(28)20-11-6-10-19(14-20)21-12-7-13-26(16-21)22(27)15-24-2/h6,10-11,14,17-18,21,24H,3-5,7-9,12-13,15-16H2,1-2H3,(H,25,28)/t17-,21?/m0/s1.